The molecule has 0 saturated carbocycles. The SMILES string of the molecule is CCCSC(=O)SCC(C)(C(=O)NCCOC1OC(CO)C(O)C(O)C1NC(C)=O)C(C)(C#N)CCC(=O)O. The summed E-state index contributed by atoms with van der Waals surface area (Å²) < 4.78 is 10.9. The number of ether oxygens (including phenoxy) is 2. The first-order valence-electron chi connectivity index (χ1n) is 12.5. The van der Waals surface area contributed by atoms with E-state index in [0.29, 0.717) is 5.75 Å². The van der Waals surface area contributed by atoms with Gasteiger partial charge in [-0.05, 0) is 26.7 Å². The van der Waals surface area contributed by atoms with Crippen LogP contribution in [0.2, 0.25) is 0 Å². The van der Waals surface area contributed by atoms with Crippen LogP contribution >= 0.6 is 23.5 Å². The zero-order valence-corrected chi connectivity index (χ0v) is 24.2. The van der Waals surface area contributed by atoms with Gasteiger partial charge in [-0.15, -0.1) is 0 Å². The van der Waals surface area contributed by atoms with Gasteiger partial charge in [0.1, 0.15) is 24.4 Å². The lowest BCUT2D eigenvalue weighted by Crippen LogP contribution is -2.64. The number of aliphatic hydroxyl groups excluding tert-OH is 3. The normalized spacial score (nSPS) is 25.9. The predicted molar refractivity (Wildman–Crippen MR) is 144 cm³/mol. The number of amides is 2. The molecule has 1 fully saturated rings. The number of aliphatic carboxylic acids is 1. The van der Waals surface area contributed by atoms with Gasteiger partial charge in [0, 0.05) is 31.4 Å². The van der Waals surface area contributed by atoms with Crippen molar-refractivity contribution in [3.63, 3.8) is 0 Å². The molecule has 2 amide bonds. The second-order valence-corrected chi connectivity index (χ2v) is 11.9. The summed E-state index contributed by atoms with van der Waals surface area (Å²) in [6.07, 6.45) is -5.07. The number of nitrogens with zero attached hydrogens (tertiary/aromatic N) is 1. The van der Waals surface area contributed by atoms with E-state index in [1.807, 2.05) is 6.92 Å². The van der Waals surface area contributed by atoms with Gasteiger partial charge in [-0.1, -0.05) is 30.4 Å². The Labute approximate surface area is 236 Å². The molecule has 0 aromatic heterocycles. The molecule has 1 heterocycles. The highest BCUT2D eigenvalue weighted by Gasteiger charge is 2.51. The van der Waals surface area contributed by atoms with Gasteiger partial charge in [0.25, 0.3) is 0 Å². The summed E-state index contributed by atoms with van der Waals surface area (Å²) >= 11 is 2.00. The predicted octanol–water partition coefficient (Wildman–Crippen LogP) is 0.460. The number of aliphatic hydroxyl groups is 3. The second-order valence-electron chi connectivity index (χ2n) is 9.62. The third-order valence-corrected chi connectivity index (χ3v) is 9.14. The van der Waals surface area contributed by atoms with Crippen LogP contribution in [0.15, 0.2) is 0 Å². The van der Waals surface area contributed by atoms with Gasteiger partial charge in [-0.25, -0.2) is 0 Å². The number of hydrogen-bond donors (Lipinski definition) is 6. The number of nitrogens with one attached hydrogen (secondary N) is 2. The number of carboxylic acids is 1. The average molecular weight is 594 g/mol. The molecule has 13 nitrogen and oxygen atoms in total. The van der Waals surface area contributed by atoms with Crippen LogP contribution in [0.25, 0.3) is 0 Å². The Morgan fingerprint density at radius 3 is 2.36 bits per heavy atom. The number of hydrogen-bond acceptors (Lipinski definition) is 12. The molecule has 0 bridgehead atoms. The standard InChI is InChI=1S/C24H39N3O10S2/c1-5-10-38-22(35)39-13-24(4,23(3,12-25)7-6-16(30)31)21(34)26-8-9-36-20-17(27-14(2)29)19(33)18(32)15(11-28)37-20/h15,17-20,28,32-33H,5-11,13H2,1-4H3,(H,26,34)(H,27,29)(H,30,31). The molecule has 0 aliphatic carbocycles. The molecule has 1 aliphatic rings. The molecule has 39 heavy (non-hydrogen) atoms. The van der Waals surface area contributed by atoms with Crippen LogP contribution in [-0.2, 0) is 23.9 Å². The Balaban J connectivity index is 2.97. The van der Waals surface area contributed by atoms with E-state index in [9.17, 15) is 39.8 Å². The Kier molecular flexibility index (Phi) is 14.7. The Morgan fingerprint density at radius 1 is 1.15 bits per heavy atom. The molecule has 1 saturated heterocycles. The molecule has 7 unspecified atom stereocenters. The van der Waals surface area contributed by atoms with Gasteiger partial charge in [0.15, 0.2) is 6.29 Å². The number of rotatable bonds is 15. The fraction of sp³-hybridized carbons (Fsp3) is 0.792. The number of thioether (sulfide) groups is 2. The maximum atomic E-state index is 13.4. The number of nitriles is 1. The molecule has 222 valence electrons. The van der Waals surface area contributed by atoms with Crippen molar-refractivity contribution in [2.75, 3.05) is 31.3 Å². The maximum Gasteiger partial charge on any atom is 0.303 e. The quantitative estimate of drug-likeness (QED) is 0.142. The third-order valence-electron chi connectivity index (χ3n) is 6.63. The van der Waals surface area contributed by atoms with Crippen LogP contribution in [0.1, 0.15) is 47.0 Å². The van der Waals surface area contributed by atoms with Crippen LogP contribution < -0.4 is 10.6 Å². The minimum Gasteiger partial charge on any atom is -0.481 e. The highest BCUT2D eigenvalue weighted by molar-refractivity contribution is 8.38. The zero-order chi connectivity index (χ0) is 29.8. The molecule has 0 radical (unpaired) electrons. The highest BCUT2D eigenvalue weighted by atomic mass is 32.2. The van der Waals surface area contributed by atoms with Crippen molar-refractivity contribution in [2.45, 2.75) is 77.6 Å². The topological polar surface area (TPSA) is 216 Å². The first-order valence-corrected chi connectivity index (χ1v) is 14.5. The molecule has 1 aliphatic heterocycles. The van der Waals surface area contributed by atoms with E-state index >= 15 is 0 Å². The van der Waals surface area contributed by atoms with Crippen molar-refractivity contribution in [1.29, 1.82) is 5.26 Å². The Morgan fingerprint density at radius 2 is 1.82 bits per heavy atom. The molecule has 6 N–H and O–H groups in total. The molecule has 0 aromatic rings. The summed E-state index contributed by atoms with van der Waals surface area (Å²) in [7, 11) is 0. The lowest BCUT2D eigenvalue weighted by atomic mass is 9.64. The summed E-state index contributed by atoms with van der Waals surface area (Å²) in [4.78, 5) is 48.5. The average Bonchev–Trinajstić information content (AvgIpc) is 2.90. The van der Waals surface area contributed by atoms with Crippen molar-refractivity contribution < 1.29 is 49.1 Å². The van der Waals surface area contributed by atoms with Crippen molar-refractivity contribution in [2.24, 2.45) is 10.8 Å². The monoisotopic (exact) mass is 593 g/mol. The summed E-state index contributed by atoms with van der Waals surface area (Å²) in [6.45, 7) is 5.23. The van der Waals surface area contributed by atoms with Crippen LogP contribution in [0.5, 0.6) is 0 Å². The molecule has 0 aromatic carbocycles. The van der Waals surface area contributed by atoms with E-state index in [1.165, 1.54) is 20.8 Å². The van der Waals surface area contributed by atoms with Crippen molar-refractivity contribution in [3.05, 3.63) is 0 Å². The summed E-state index contributed by atoms with van der Waals surface area (Å²) in [5.41, 5.74) is -2.87. The fourth-order valence-electron chi connectivity index (χ4n) is 3.87. The van der Waals surface area contributed by atoms with Crippen LogP contribution in [0.3, 0.4) is 0 Å². The van der Waals surface area contributed by atoms with E-state index in [1.54, 1.807) is 0 Å². The lowest BCUT2D eigenvalue weighted by Gasteiger charge is -2.42. The molecule has 1 rings (SSSR count). The highest BCUT2D eigenvalue weighted by Crippen LogP contribution is 2.45. The fourth-order valence-corrected chi connectivity index (χ4v) is 5.85. The van der Waals surface area contributed by atoms with Crippen molar-refractivity contribution >= 4 is 45.8 Å². The second kappa shape index (κ2) is 16.4. The van der Waals surface area contributed by atoms with E-state index in [4.69, 9.17) is 14.6 Å². The Hall–Kier alpha value is -1.93. The molecule has 15 heteroatoms. The zero-order valence-electron chi connectivity index (χ0n) is 22.5. The molecule has 7 atom stereocenters. The van der Waals surface area contributed by atoms with Crippen LogP contribution in [0.4, 0.5) is 4.79 Å². The summed E-state index contributed by atoms with van der Waals surface area (Å²) in [5, 5.41) is 54.1. The van der Waals surface area contributed by atoms with Gasteiger partial charge in [-0.3, -0.25) is 19.2 Å². The lowest BCUT2D eigenvalue weighted by molar-refractivity contribution is -0.269. The van der Waals surface area contributed by atoms with Crippen molar-refractivity contribution in [1.82, 2.24) is 10.6 Å². The van der Waals surface area contributed by atoms with Gasteiger partial charge >= 0.3 is 5.97 Å². The molecular weight excluding hydrogens is 554 g/mol. The van der Waals surface area contributed by atoms with E-state index < -0.39 is 65.9 Å². The molecule has 0 spiro atoms. The van der Waals surface area contributed by atoms with Gasteiger partial charge < -0.3 is 40.5 Å². The smallest absolute Gasteiger partial charge is 0.303 e. The maximum absolute atomic E-state index is 13.4. The summed E-state index contributed by atoms with van der Waals surface area (Å²) in [6, 6.07) is 0.936. The number of carboxylic acid groups (broad SMARTS) is 1. The summed E-state index contributed by atoms with van der Waals surface area (Å²) in [5.74, 6) is -1.68. The number of carbonyl (C=O) groups excluding carboxylic acids is 3. The van der Waals surface area contributed by atoms with E-state index in [2.05, 4.69) is 16.7 Å². The van der Waals surface area contributed by atoms with Crippen LogP contribution in [0, 0.1) is 22.2 Å². The Bertz CT molecular complexity index is 904. The van der Waals surface area contributed by atoms with Crippen LogP contribution in [-0.4, -0.2) is 105 Å². The largest absolute Gasteiger partial charge is 0.481 e. The minimum atomic E-state index is -1.49. The van der Waals surface area contributed by atoms with Crippen molar-refractivity contribution in [3.8, 4) is 6.07 Å². The first-order chi connectivity index (χ1) is 18.3. The third kappa shape index (κ3) is 9.89. The van der Waals surface area contributed by atoms with E-state index in [0.717, 1.165) is 29.9 Å². The van der Waals surface area contributed by atoms with Gasteiger partial charge in [0.2, 0.25) is 16.3 Å². The molecular formula is C24H39N3O10S2. The van der Waals surface area contributed by atoms with Gasteiger partial charge in [-0.2, -0.15) is 5.26 Å². The first kappa shape index (κ1) is 35.1. The van der Waals surface area contributed by atoms with E-state index in [-0.39, 0.29) is 36.2 Å². The van der Waals surface area contributed by atoms with Gasteiger partial charge in [0.05, 0.1) is 30.1 Å². The number of carbonyl (C=O) groups is 4. The minimum absolute atomic E-state index is 0.0580.